The molecule has 0 radical (unpaired) electrons. The number of aromatic amines is 4. The van der Waals surface area contributed by atoms with Crippen LogP contribution in [0.25, 0.3) is 132 Å². The number of ether oxygens (including phenoxy) is 1. The molecule has 4 aromatic carbocycles. The highest BCUT2D eigenvalue weighted by atomic mass is 32.2. The maximum Gasteiger partial charge on any atom is 0.211 e. The van der Waals surface area contributed by atoms with E-state index >= 15 is 0 Å². The van der Waals surface area contributed by atoms with Crippen LogP contribution in [-0.2, 0) is 38.9 Å². The van der Waals surface area contributed by atoms with Crippen LogP contribution in [-0.4, -0.2) is 294 Å². The summed E-state index contributed by atoms with van der Waals surface area (Å²) in [6.45, 7) is 7.69. The van der Waals surface area contributed by atoms with E-state index in [2.05, 4.69) is 211 Å². The Morgan fingerprint density at radius 1 is 0.360 bits per heavy atom. The number of aryl methyl sites for hydroxylation is 2. The molecule has 23 rings (SSSR count). The summed E-state index contributed by atoms with van der Waals surface area (Å²) in [6, 6.07) is 31.1. The van der Waals surface area contributed by atoms with Gasteiger partial charge in [-0.15, -0.1) is 0 Å². The SMILES string of the molecule is CN(C)C1CCC(Nc2ncnc3[nH]c4ccc(-c5cncc(F)c5)cc4c23)CC1.CN(C)C1CCC(Nc2ncnc3[nH]c4ccc(-c5cnn(C)c5)cc4c23)CC1.CS(=O)(=O)N1CCC(n2cc(-c3ccc4[nH]c5ncnc(NC6CCC(N7CCOCC7)CC6)c5c4c3)cn2)CC1.Cn1cc(-c2ccc3[nH]c4ncnc(NC5CCC(N6CCN(S(C)(=O)=O)CC6)CC5)c4c3c2)cn1. The summed E-state index contributed by atoms with van der Waals surface area (Å²) in [6.07, 6.45) is 43.7. The van der Waals surface area contributed by atoms with Crippen LogP contribution >= 0.6 is 0 Å². The van der Waals surface area contributed by atoms with Crippen LogP contribution in [0.4, 0.5) is 27.7 Å². The van der Waals surface area contributed by atoms with Crippen LogP contribution in [0, 0.1) is 5.82 Å². The van der Waals surface area contributed by atoms with E-state index in [1.165, 1.54) is 63.3 Å². The second-order valence-electron chi connectivity index (χ2n) is 38.5. The molecule has 7 fully saturated rings. The van der Waals surface area contributed by atoms with E-state index in [9.17, 15) is 21.2 Å². The lowest BCUT2D eigenvalue weighted by Gasteiger charge is -2.41. The Morgan fingerprint density at radius 3 is 1.04 bits per heavy atom. The van der Waals surface area contributed by atoms with Crippen molar-refractivity contribution in [2.45, 2.75) is 170 Å². The van der Waals surface area contributed by atoms with Gasteiger partial charge in [0.25, 0.3) is 0 Å². The highest BCUT2D eigenvalue weighted by molar-refractivity contribution is 7.88. The second kappa shape index (κ2) is 39.6. The number of aromatic nitrogens is 19. The maximum atomic E-state index is 13.7. The number of morpholine rings is 1. The number of halogens is 1. The Hall–Kier alpha value is -12.1. The van der Waals surface area contributed by atoms with Crippen molar-refractivity contribution < 1.29 is 26.0 Å². The third kappa shape index (κ3) is 20.2. The van der Waals surface area contributed by atoms with Gasteiger partial charge in [0.1, 0.15) is 77.0 Å². The number of hydrogen-bond acceptors (Lipinski definition) is 25. The highest BCUT2D eigenvalue weighted by Crippen LogP contribution is 2.42. The number of H-pyrrole nitrogens is 4. The number of anilines is 4. The minimum Gasteiger partial charge on any atom is -0.379 e. The van der Waals surface area contributed by atoms with Gasteiger partial charge in [0.15, 0.2) is 0 Å². The van der Waals surface area contributed by atoms with Crippen LogP contribution in [0.15, 0.2) is 154 Å². The number of pyridine rings is 1. The van der Waals surface area contributed by atoms with E-state index in [-0.39, 0.29) is 11.9 Å². The molecule has 8 N–H and O–H groups in total. The van der Waals surface area contributed by atoms with E-state index in [0.717, 1.165) is 272 Å². The first-order valence-electron chi connectivity index (χ1n) is 48.0. The fourth-order valence-corrected chi connectivity index (χ4v) is 23.3. The Balaban J connectivity index is 0.000000113. The zero-order valence-corrected chi connectivity index (χ0v) is 80.2. The first-order valence-corrected chi connectivity index (χ1v) is 51.7. The van der Waals surface area contributed by atoms with Crippen molar-refractivity contribution in [3.8, 4) is 44.5 Å². The summed E-state index contributed by atoms with van der Waals surface area (Å²) in [5, 5.41) is 36.6. The van der Waals surface area contributed by atoms with Crippen LogP contribution in [0.2, 0.25) is 0 Å². The van der Waals surface area contributed by atoms with Crippen LogP contribution in [0.3, 0.4) is 0 Å². The van der Waals surface area contributed by atoms with Gasteiger partial charge in [0.2, 0.25) is 20.0 Å². The van der Waals surface area contributed by atoms with Gasteiger partial charge < -0.3 is 55.7 Å². The molecule has 3 aliphatic heterocycles. The Kier molecular flexibility index (Phi) is 26.7. The molecule has 4 saturated carbocycles. The molecule has 12 aromatic heterocycles. The monoisotopic (exact) mass is 1880 g/mol. The molecule has 0 unspecified atom stereocenters. The smallest absolute Gasteiger partial charge is 0.211 e. The van der Waals surface area contributed by atoms with E-state index in [4.69, 9.17) is 9.72 Å². The highest BCUT2D eigenvalue weighted by Gasteiger charge is 2.35. The van der Waals surface area contributed by atoms with Crippen molar-refractivity contribution in [2.24, 2.45) is 14.1 Å². The van der Waals surface area contributed by atoms with E-state index < -0.39 is 20.0 Å². The Morgan fingerprint density at radius 2 is 0.699 bits per heavy atom. The molecule has 0 spiro atoms. The van der Waals surface area contributed by atoms with Crippen LogP contribution in [0.1, 0.15) is 122 Å². The third-order valence-electron chi connectivity index (χ3n) is 29.3. The molecule has 7 aliphatic rings. The number of piperidine rings is 1. The number of piperazine rings is 1. The molecule has 712 valence electrons. The predicted octanol–water partition coefficient (Wildman–Crippen LogP) is 14.8. The van der Waals surface area contributed by atoms with Gasteiger partial charge in [-0.3, -0.25) is 28.8 Å². The first-order chi connectivity index (χ1) is 65.9. The quantitative estimate of drug-likeness (QED) is 0.0373. The molecule has 3 saturated heterocycles. The topological polar surface area (TPSA) is 378 Å². The zero-order valence-electron chi connectivity index (χ0n) is 78.6. The van der Waals surface area contributed by atoms with Crippen molar-refractivity contribution in [1.82, 2.24) is 122 Å². The van der Waals surface area contributed by atoms with Gasteiger partial charge >= 0.3 is 0 Å². The van der Waals surface area contributed by atoms with Crippen molar-refractivity contribution in [1.29, 1.82) is 0 Å². The van der Waals surface area contributed by atoms with Crippen molar-refractivity contribution in [3.63, 3.8) is 0 Å². The minimum absolute atomic E-state index is 0.195. The number of fused-ring (bicyclic) bond motifs is 12. The summed E-state index contributed by atoms with van der Waals surface area (Å²) in [4.78, 5) is 63.9. The number of hydrogen-bond donors (Lipinski definition) is 8. The molecular weight excluding hydrogens is 1760 g/mol. The zero-order chi connectivity index (χ0) is 93.5. The Bertz CT molecular complexity index is 7150. The lowest BCUT2D eigenvalue weighted by atomic mass is 9.89. The average molecular weight is 1880 g/mol. The number of nitrogens with one attached hydrogen (secondary N) is 8. The maximum absolute atomic E-state index is 13.7. The number of nitrogens with zero attached hydrogens (tertiary/aromatic N) is 21. The van der Waals surface area contributed by atoms with Crippen LogP contribution < -0.4 is 21.3 Å². The summed E-state index contributed by atoms with van der Waals surface area (Å²) in [5.74, 6) is 3.21. The number of benzene rings is 4. The summed E-state index contributed by atoms with van der Waals surface area (Å²) in [7, 11) is 6.30. The number of sulfonamides is 2. The van der Waals surface area contributed by atoms with Crippen molar-refractivity contribution >= 4 is 131 Å². The fourth-order valence-electron chi connectivity index (χ4n) is 21.6. The van der Waals surface area contributed by atoms with Crippen molar-refractivity contribution in [3.05, 3.63) is 160 Å². The molecule has 0 amide bonds. The van der Waals surface area contributed by atoms with E-state index in [1.54, 1.807) is 40.1 Å². The first kappa shape index (κ1) is 91.7. The summed E-state index contributed by atoms with van der Waals surface area (Å²) < 4.78 is 75.4. The molecule has 0 atom stereocenters. The Labute approximate surface area is 790 Å². The summed E-state index contributed by atoms with van der Waals surface area (Å²) >= 11 is 0. The standard InChI is InChI=1S/C29H38N8O3S.C25H32N8O2S.C23H25FN6.C22H27N7/c1-41(38,39)36-10-8-24(9-11-36)37-18-21(17-32-37)20-2-7-26-25(16-20)27-28(30-19-31-29(27)34-26)33-22-3-5-23(6-4-22)35-12-14-40-15-13-35;1-31-15-18(14-28-31)17-3-8-22-21(13-17)23-24(26-16-27-25(23)30-22)29-19-4-6-20(7-5-19)32-9-11-33(12-10-32)36(2,34)35;1-30(2)18-6-4-17(5-7-18)28-22-21-19-10-14(15-9-16(24)12-25-11-15)3-8-20(19)29-23(21)27-13-26-22;1-28(2)17-7-5-16(6-8-17)26-21-20-18-10-14(15-11-25-29(3)12-15)4-9-19(18)27-22(20)24-13-23-21/h2,7,16-19,22-24H,3-6,8-15H2,1H3,(H2,30,31,33,34);3,8,13-16,19-20H,4-7,9-12H2,1-2H3,(H2,26,27,29,30);3,8-13,17-18H,4-7H2,1-2H3,(H2,26,27,28,29);4,9-13,16-17H,5-8H2,1-3H3,(H2,23,24,26,27). The average Bonchev–Trinajstić information content (AvgIpc) is 1.62. The predicted molar refractivity (Wildman–Crippen MR) is 536 cm³/mol. The molecular formula is C99H122FN29O5S2. The fraction of sp³-hybridized carbons (Fsp3) is 0.455. The van der Waals surface area contributed by atoms with Gasteiger partial charge in [-0.05, 0) is 221 Å². The molecule has 37 heteroatoms. The van der Waals surface area contributed by atoms with Gasteiger partial charge in [0.05, 0.1) is 78.1 Å². The third-order valence-corrected chi connectivity index (χ3v) is 31.9. The molecule has 0 bridgehead atoms. The minimum atomic E-state index is -3.14. The van der Waals surface area contributed by atoms with Gasteiger partial charge in [-0.2, -0.15) is 19.6 Å². The molecule has 34 nitrogen and oxygen atoms in total. The lowest BCUT2D eigenvalue weighted by molar-refractivity contribution is 0.00791. The normalized spacial score (nSPS) is 21.7. The van der Waals surface area contributed by atoms with Gasteiger partial charge in [0, 0.05) is 205 Å². The molecule has 16 aromatic rings. The molecule has 15 heterocycles. The van der Waals surface area contributed by atoms with Gasteiger partial charge in [-0.25, -0.2) is 65.4 Å². The summed E-state index contributed by atoms with van der Waals surface area (Å²) in [5.41, 5.74) is 15.7. The molecule has 4 aliphatic carbocycles. The van der Waals surface area contributed by atoms with Crippen molar-refractivity contribution in [2.75, 3.05) is 128 Å². The van der Waals surface area contributed by atoms with E-state index in [0.29, 0.717) is 74.5 Å². The largest absolute Gasteiger partial charge is 0.379 e. The van der Waals surface area contributed by atoms with Crippen LogP contribution in [0.5, 0.6) is 0 Å². The second-order valence-corrected chi connectivity index (χ2v) is 42.5. The lowest BCUT2D eigenvalue weighted by Crippen LogP contribution is -2.52. The van der Waals surface area contributed by atoms with E-state index in [1.807, 2.05) is 71.3 Å². The number of rotatable bonds is 19. The van der Waals surface area contributed by atoms with Gasteiger partial charge in [-0.1, -0.05) is 24.3 Å². The molecule has 136 heavy (non-hydrogen) atoms.